The summed E-state index contributed by atoms with van der Waals surface area (Å²) in [5.41, 5.74) is -1.90. The second-order valence-corrected chi connectivity index (χ2v) is 4.40. The highest BCUT2D eigenvalue weighted by Gasteiger charge is 2.52. The minimum absolute atomic E-state index is 0.0148. The van der Waals surface area contributed by atoms with E-state index in [1.807, 2.05) is 10.6 Å². The zero-order valence-electron chi connectivity index (χ0n) is 11.2. The number of urea groups is 1. The number of carbonyl (C=O) groups is 3. The first-order valence-electron chi connectivity index (χ1n) is 6.12. The molecule has 0 spiro atoms. The van der Waals surface area contributed by atoms with Gasteiger partial charge in [-0.1, -0.05) is 0 Å². The van der Waals surface area contributed by atoms with E-state index in [9.17, 15) is 19.5 Å². The zero-order chi connectivity index (χ0) is 15.5. The highest BCUT2D eigenvalue weighted by atomic mass is 16.5. The second kappa shape index (κ2) is 5.80. The van der Waals surface area contributed by atoms with Gasteiger partial charge in [-0.2, -0.15) is 0 Å². The number of hydrogen-bond donors (Lipinski definition) is 3. The first kappa shape index (κ1) is 14.8. The second-order valence-electron chi connectivity index (χ2n) is 4.40. The number of phenolic OH excluding ortho intramolecular Hbond substituents is 1. The SMILES string of the molecule is COCCC1(Oc2ccc(O)cc2)C(=O)NC(=O)NC1=O. The molecule has 21 heavy (non-hydrogen) atoms. The van der Waals surface area contributed by atoms with Crippen LogP contribution in [-0.4, -0.2) is 42.3 Å². The molecule has 1 fully saturated rings. The molecular formula is C13H14N2O6. The van der Waals surface area contributed by atoms with Crippen LogP contribution >= 0.6 is 0 Å². The molecule has 1 aliphatic rings. The smallest absolute Gasteiger partial charge is 0.328 e. The van der Waals surface area contributed by atoms with E-state index in [-0.39, 0.29) is 24.5 Å². The Hall–Kier alpha value is -2.61. The number of rotatable bonds is 5. The lowest BCUT2D eigenvalue weighted by Gasteiger charge is -2.33. The number of imide groups is 2. The van der Waals surface area contributed by atoms with Crippen LogP contribution in [0.4, 0.5) is 4.79 Å². The van der Waals surface area contributed by atoms with Gasteiger partial charge in [-0.15, -0.1) is 0 Å². The highest BCUT2D eigenvalue weighted by Crippen LogP contribution is 2.26. The lowest BCUT2D eigenvalue weighted by Crippen LogP contribution is -2.69. The molecule has 2 rings (SSSR count). The van der Waals surface area contributed by atoms with Crippen molar-refractivity contribution in [3.05, 3.63) is 24.3 Å². The van der Waals surface area contributed by atoms with Gasteiger partial charge in [-0.25, -0.2) is 4.79 Å². The molecule has 0 bridgehead atoms. The standard InChI is InChI=1S/C13H14N2O6/c1-20-7-6-13(10(17)14-12(19)15-11(13)18)21-9-4-2-8(16)3-5-9/h2-5,16H,6-7H2,1H3,(H2,14,15,17,18,19). The topological polar surface area (TPSA) is 114 Å². The van der Waals surface area contributed by atoms with E-state index in [1.54, 1.807) is 0 Å². The Kier molecular flexibility index (Phi) is 4.08. The van der Waals surface area contributed by atoms with Crippen LogP contribution in [0.3, 0.4) is 0 Å². The van der Waals surface area contributed by atoms with Crippen LogP contribution in [0.5, 0.6) is 11.5 Å². The Labute approximate surface area is 120 Å². The van der Waals surface area contributed by atoms with Crippen molar-refractivity contribution in [3.63, 3.8) is 0 Å². The maximum atomic E-state index is 12.1. The Morgan fingerprint density at radius 3 is 2.19 bits per heavy atom. The minimum Gasteiger partial charge on any atom is -0.508 e. The maximum absolute atomic E-state index is 12.1. The van der Waals surface area contributed by atoms with Gasteiger partial charge in [0.15, 0.2) is 0 Å². The van der Waals surface area contributed by atoms with Crippen LogP contribution in [0, 0.1) is 0 Å². The van der Waals surface area contributed by atoms with Gasteiger partial charge < -0.3 is 14.6 Å². The van der Waals surface area contributed by atoms with Gasteiger partial charge >= 0.3 is 6.03 Å². The Morgan fingerprint density at radius 2 is 1.67 bits per heavy atom. The number of ether oxygens (including phenoxy) is 2. The van der Waals surface area contributed by atoms with E-state index >= 15 is 0 Å². The summed E-state index contributed by atoms with van der Waals surface area (Å²) in [6, 6.07) is 4.61. The molecule has 1 heterocycles. The lowest BCUT2D eigenvalue weighted by atomic mass is 9.95. The summed E-state index contributed by atoms with van der Waals surface area (Å²) in [6.07, 6.45) is -0.0741. The summed E-state index contributed by atoms with van der Waals surface area (Å²) < 4.78 is 10.4. The van der Waals surface area contributed by atoms with Crippen molar-refractivity contribution >= 4 is 17.8 Å². The summed E-state index contributed by atoms with van der Waals surface area (Å²) in [5.74, 6) is -1.51. The van der Waals surface area contributed by atoms with Gasteiger partial charge in [0.25, 0.3) is 17.4 Å². The fourth-order valence-corrected chi connectivity index (χ4v) is 1.87. The van der Waals surface area contributed by atoms with Gasteiger partial charge in [0.2, 0.25) is 0 Å². The summed E-state index contributed by atoms with van der Waals surface area (Å²) in [7, 11) is 1.41. The number of phenols is 1. The molecular weight excluding hydrogens is 280 g/mol. The van der Waals surface area contributed by atoms with Crippen LogP contribution in [0.25, 0.3) is 0 Å². The number of nitrogens with one attached hydrogen (secondary N) is 2. The Morgan fingerprint density at radius 1 is 1.10 bits per heavy atom. The molecule has 1 saturated heterocycles. The number of carbonyl (C=O) groups excluding carboxylic acids is 3. The molecule has 4 amide bonds. The van der Waals surface area contributed by atoms with Crippen molar-refractivity contribution in [2.45, 2.75) is 12.0 Å². The van der Waals surface area contributed by atoms with E-state index < -0.39 is 23.4 Å². The van der Waals surface area contributed by atoms with Gasteiger partial charge in [0, 0.05) is 13.5 Å². The molecule has 1 aromatic carbocycles. The van der Waals surface area contributed by atoms with Gasteiger partial charge in [-0.05, 0) is 24.3 Å². The predicted molar refractivity (Wildman–Crippen MR) is 69.6 cm³/mol. The molecule has 112 valence electrons. The third-order valence-corrected chi connectivity index (χ3v) is 2.97. The lowest BCUT2D eigenvalue weighted by molar-refractivity contribution is -0.153. The monoisotopic (exact) mass is 294 g/mol. The summed E-state index contributed by atoms with van der Waals surface area (Å²) >= 11 is 0. The predicted octanol–water partition coefficient (Wildman–Crippen LogP) is -0.0877. The number of hydrogen-bond acceptors (Lipinski definition) is 6. The summed E-state index contributed by atoms with van der Waals surface area (Å²) in [4.78, 5) is 35.3. The first-order chi connectivity index (χ1) is 9.98. The highest BCUT2D eigenvalue weighted by molar-refractivity contribution is 6.21. The van der Waals surface area contributed by atoms with Crippen LogP contribution in [0.2, 0.25) is 0 Å². The van der Waals surface area contributed by atoms with Crippen molar-refractivity contribution in [1.82, 2.24) is 10.6 Å². The zero-order valence-corrected chi connectivity index (χ0v) is 11.2. The van der Waals surface area contributed by atoms with Gasteiger partial charge in [-0.3, -0.25) is 20.2 Å². The average Bonchev–Trinajstić information content (AvgIpc) is 2.44. The molecule has 0 radical (unpaired) electrons. The Balaban J connectivity index is 2.32. The summed E-state index contributed by atoms with van der Waals surface area (Å²) in [5, 5.41) is 13.2. The molecule has 0 atom stereocenters. The van der Waals surface area contributed by atoms with E-state index in [1.165, 1.54) is 31.4 Å². The van der Waals surface area contributed by atoms with Gasteiger partial charge in [0.05, 0.1) is 6.61 Å². The Bertz CT molecular complexity index is 549. The molecule has 8 nitrogen and oxygen atoms in total. The van der Waals surface area contributed by atoms with Crippen LogP contribution in [0.1, 0.15) is 6.42 Å². The molecule has 0 unspecified atom stereocenters. The van der Waals surface area contributed by atoms with Crippen molar-refractivity contribution in [1.29, 1.82) is 0 Å². The van der Waals surface area contributed by atoms with Crippen molar-refractivity contribution < 1.29 is 29.0 Å². The van der Waals surface area contributed by atoms with Crippen molar-refractivity contribution in [3.8, 4) is 11.5 Å². The molecule has 1 aliphatic heterocycles. The first-order valence-corrected chi connectivity index (χ1v) is 6.12. The number of benzene rings is 1. The maximum Gasteiger partial charge on any atom is 0.328 e. The third kappa shape index (κ3) is 2.95. The number of barbiturate groups is 1. The molecule has 0 aliphatic carbocycles. The minimum atomic E-state index is -1.90. The van der Waals surface area contributed by atoms with E-state index in [2.05, 4.69) is 0 Å². The quantitative estimate of drug-likeness (QED) is 0.654. The number of methoxy groups -OCH3 is 1. The van der Waals surface area contributed by atoms with Crippen molar-refractivity contribution in [2.24, 2.45) is 0 Å². The van der Waals surface area contributed by atoms with E-state index in [0.29, 0.717) is 0 Å². The molecule has 0 aromatic heterocycles. The number of aromatic hydroxyl groups is 1. The fourth-order valence-electron chi connectivity index (χ4n) is 1.87. The molecule has 8 heteroatoms. The van der Waals surface area contributed by atoms with Crippen LogP contribution < -0.4 is 15.4 Å². The van der Waals surface area contributed by atoms with Crippen molar-refractivity contribution in [2.75, 3.05) is 13.7 Å². The van der Waals surface area contributed by atoms with E-state index in [0.717, 1.165) is 0 Å². The number of amides is 4. The normalized spacial score (nSPS) is 17.1. The molecule has 1 aromatic rings. The summed E-state index contributed by atoms with van der Waals surface area (Å²) in [6.45, 7) is 0.0765. The largest absolute Gasteiger partial charge is 0.508 e. The molecule has 0 saturated carbocycles. The average molecular weight is 294 g/mol. The molecule has 3 N–H and O–H groups in total. The fraction of sp³-hybridized carbons (Fsp3) is 0.308. The third-order valence-electron chi connectivity index (χ3n) is 2.97. The van der Waals surface area contributed by atoms with Crippen LogP contribution in [0.15, 0.2) is 24.3 Å². The van der Waals surface area contributed by atoms with Crippen LogP contribution in [-0.2, 0) is 14.3 Å². The van der Waals surface area contributed by atoms with Gasteiger partial charge in [0.1, 0.15) is 11.5 Å². The van der Waals surface area contributed by atoms with E-state index in [4.69, 9.17) is 9.47 Å².